The Labute approximate surface area is 180 Å². The number of piperidine rings is 1. The van der Waals surface area contributed by atoms with Crippen LogP contribution in [-0.4, -0.2) is 40.0 Å². The normalized spacial score (nSPS) is 16.3. The first-order valence-corrected chi connectivity index (χ1v) is 10.9. The summed E-state index contributed by atoms with van der Waals surface area (Å²) >= 11 is 1.31. The minimum atomic E-state index is -0.258. The maximum Gasteiger partial charge on any atom is 0.286 e. The van der Waals surface area contributed by atoms with Crippen LogP contribution in [0.2, 0.25) is 0 Å². The van der Waals surface area contributed by atoms with Crippen LogP contribution in [0.25, 0.3) is 0 Å². The van der Waals surface area contributed by atoms with Crippen molar-refractivity contribution in [3.05, 3.63) is 75.2 Å². The van der Waals surface area contributed by atoms with E-state index in [1.54, 1.807) is 0 Å². The summed E-state index contributed by atoms with van der Waals surface area (Å²) in [4.78, 5) is 27.3. The van der Waals surface area contributed by atoms with E-state index in [4.69, 9.17) is 0 Å². The molecule has 2 amide bonds. The van der Waals surface area contributed by atoms with E-state index in [0.717, 1.165) is 41.2 Å². The highest BCUT2D eigenvalue weighted by Crippen LogP contribution is 2.30. The number of nitrogens with one attached hydrogen (secondary N) is 1. The molecule has 7 heteroatoms. The number of anilines is 1. The molecule has 0 saturated carbocycles. The molecule has 154 valence electrons. The van der Waals surface area contributed by atoms with Gasteiger partial charge in [-0.1, -0.05) is 46.7 Å². The first kappa shape index (κ1) is 20.2. The Morgan fingerprint density at radius 2 is 1.87 bits per heavy atom. The van der Waals surface area contributed by atoms with Gasteiger partial charge in [0, 0.05) is 30.3 Å². The van der Waals surface area contributed by atoms with E-state index in [1.165, 1.54) is 11.3 Å². The third-order valence-electron chi connectivity index (χ3n) is 5.27. The molecule has 2 heterocycles. The van der Waals surface area contributed by atoms with Crippen molar-refractivity contribution in [1.82, 2.24) is 15.1 Å². The smallest absolute Gasteiger partial charge is 0.286 e. The fourth-order valence-corrected chi connectivity index (χ4v) is 4.50. The van der Waals surface area contributed by atoms with Crippen LogP contribution in [0.4, 0.5) is 5.69 Å². The molecule has 1 N–H and O–H groups in total. The van der Waals surface area contributed by atoms with Gasteiger partial charge >= 0.3 is 0 Å². The average molecular weight is 421 g/mol. The molecule has 30 heavy (non-hydrogen) atoms. The summed E-state index contributed by atoms with van der Waals surface area (Å²) in [6, 6.07) is 15.3. The van der Waals surface area contributed by atoms with Crippen LogP contribution in [0.5, 0.6) is 0 Å². The number of nitrogens with zero attached hydrogens (tertiary/aromatic N) is 3. The van der Waals surface area contributed by atoms with Crippen molar-refractivity contribution in [3.63, 3.8) is 0 Å². The molecule has 0 radical (unpaired) electrons. The second-order valence-electron chi connectivity index (χ2n) is 7.73. The fraction of sp³-hybridized carbons (Fsp3) is 0.304. The molecule has 1 fully saturated rings. The standard InChI is InChI=1S/C23H24N4O2S/c1-15-8-10-19(11-9-15)24-20(28)22-26-25-21(30-22)18-7-4-12-27(14-18)23(29)17-6-3-5-16(2)13-17/h3,5-6,8-11,13,18H,4,7,12,14H2,1-2H3,(H,24,28)/t18-/m1/s1. The Morgan fingerprint density at radius 3 is 2.63 bits per heavy atom. The maximum absolute atomic E-state index is 12.9. The molecule has 2 aromatic carbocycles. The number of aryl methyl sites for hydroxylation is 2. The Balaban J connectivity index is 1.43. The zero-order chi connectivity index (χ0) is 21.1. The highest BCUT2D eigenvalue weighted by atomic mass is 32.1. The largest absolute Gasteiger partial charge is 0.338 e. The lowest BCUT2D eigenvalue weighted by Crippen LogP contribution is -2.39. The van der Waals surface area contributed by atoms with Gasteiger partial charge in [-0.15, -0.1) is 10.2 Å². The number of aromatic nitrogens is 2. The van der Waals surface area contributed by atoms with Gasteiger partial charge in [-0.3, -0.25) is 9.59 Å². The molecule has 0 unspecified atom stereocenters. The van der Waals surface area contributed by atoms with Crippen LogP contribution in [0.1, 0.15) is 55.1 Å². The molecule has 0 bridgehead atoms. The van der Waals surface area contributed by atoms with Crippen molar-refractivity contribution >= 4 is 28.8 Å². The molecule has 1 aliphatic rings. The van der Waals surface area contributed by atoms with E-state index in [9.17, 15) is 9.59 Å². The predicted octanol–water partition coefficient (Wildman–Crippen LogP) is 4.43. The first-order valence-electron chi connectivity index (χ1n) is 10.1. The van der Waals surface area contributed by atoms with Crippen LogP contribution >= 0.6 is 11.3 Å². The van der Waals surface area contributed by atoms with E-state index in [-0.39, 0.29) is 17.7 Å². The number of hydrogen-bond acceptors (Lipinski definition) is 5. The van der Waals surface area contributed by atoms with Crippen LogP contribution in [0.15, 0.2) is 48.5 Å². The number of amides is 2. The van der Waals surface area contributed by atoms with Gasteiger partial charge in [-0.25, -0.2) is 0 Å². The molecule has 1 saturated heterocycles. The van der Waals surface area contributed by atoms with Gasteiger partial charge in [0.05, 0.1) is 0 Å². The number of hydrogen-bond donors (Lipinski definition) is 1. The summed E-state index contributed by atoms with van der Waals surface area (Å²) in [6.07, 6.45) is 1.85. The summed E-state index contributed by atoms with van der Waals surface area (Å²) in [5.41, 5.74) is 3.65. The lowest BCUT2D eigenvalue weighted by atomic mass is 9.98. The van der Waals surface area contributed by atoms with Gasteiger partial charge < -0.3 is 10.2 Å². The lowest BCUT2D eigenvalue weighted by molar-refractivity contribution is 0.0706. The topological polar surface area (TPSA) is 75.2 Å². The van der Waals surface area contributed by atoms with Gasteiger partial charge in [0.2, 0.25) is 5.01 Å². The van der Waals surface area contributed by atoms with Crippen LogP contribution < -0.4 is 5.32 Å². The monoisotopic (exact) mass is 420 g/mol. The Kier molecular flexibility index (Phi) is 5.90. The minimum Gasteiger partial charge on any atom is -0.338 e. The maximum atomic E-state index is 12.9. The Morgan fingerprint density at radius 1 is 1.07 bits per heavy atom. The third kappa shape index (κ3) is 4.57. The Bertz CT molecular complexity index is 1060. The number of carbonyl (C=O) groups excluding carboxylic acids is 2. The second kappa shape index (κ2) is 8.75. The number of benzene rings is 2. The summed E-state index contributed by atoms with van der Waals surface area (Å²) in [5, 5.41) is 12.4. The molecule has 1 aliphatic heterocycles. The Hall–Kier alpha value is -3.06. The van der Waals surface area contributed by atoms with E-state index in [0.29, 0.717) is 17.1 Å². The highest BCUT2D eigenvalue weighted by Gasteiger charge is 2.28. The number of rotatable bonds is 4. The highest BCUT2D eigenvalue weighted by molar-refractivity contribution is 7.13. The van der Waals surface area contributed by atoms with Crippen LogP contribution in [-0.2, 0) is 0 Å². The van der Waals surface area contributed by atoms with Crippen LogP contribution in [0.3, 0.4) is 0 Å². The zero-order valence-electron chi connectivity index (χ0n) is 17.1. The SMILES string of the molecule is Cc1ccc(NC(=O)c2nnc([C@@H]3CCCN(C(=O)c4cccc(C)c4)C3)s2)cc1. The molecular weight excluding hydrogens is 396 g/mol. The average Bonchev–Trinajstić information content (AvgIpc) is 3.25. The molecule has 1 aromatic heterocycles. The molecule has 4 rings (SSSR count). The van der Waals surface area contributed by atoms with Crippen molar-refractivity contribution in [2.75, 3.05) is 18.4 Å². The van der Waals surface area contributed by atoms with E-state index < -0.39 is 0 Å². The lowest BCUT2D eigenvalue weighted by Gasteiger charge is -2.31. The van der Waals surface area contributed by atoms with Gasteiger partial charge in [0.1, 0.15) is 5.01 Å². The van der Waals surface area contributed by atoms with Crippen molar-refractivity contribution in [2.45, 2.75) is 32.6 Å². The summed E-state index contributed by atoms with van der Waals surface area (Å²) in [6.45, 7) is 5.32. The van der Waals surface area contributed by atoms with Gasteiger partial charge in [0.25, 0.3) is 11.8 Å². The van der Waals surface area contributed by atoms with E-state index in [1.807, 2.05) is 67.3 Å². The van der Waals surface area contributed by atoms with Crippen LogP contribution in [0, 0.1) is 13.8 Å². The zero-order valence-corrected chi connectivity index (χ0v) is 17.9. The molecular formula is C23H24N4O2S. The summed E-state index contributed by atoms with van der Waals surface area (Å²) in [7, 11) is 0. The first-order chi connectivity index (χ1) is 14.5. The second-order valence-corrected chi connectivity index (χ2v) is 8.73. The molecule has 0 spiro atoms. The predicted molar refractivity (Wildman–Crippen MR) is 118 cm³/mol. The van der Waals surface area contributed by atoms with Crippen molar-refractivity contribution in [1.29, 1.82) is 0 Å². The fourth-order valence-electron chi connectivity index (χ4n) is 3.64. The van der Waals surface area contributed by atoms with E-state index >= 15 is 0 Å². The molecule has 1 atom stereocenters. The van der Waals surface area contributed by atoms with Crippen molar-refractivity contribution in [2.24, 2.45) is 0 Å². The molecule has 3 aromatic rings. The van der Waals surface area contributed by atoms with Gasteiger partial charge in [-0.2, -0.15) is 0 Å². The number of carbonyl (C=O) groups is 2. The van der Waals surface area contributed by atoms with Crippen molar-refractivity contribution in [3.8, 4) is 0 Å². The van der Waals surface area contributed by atoms with Gasteiger partial charge in [0.15, 0.2) is 0 Å². The number of likely N-dealkylation sites (tertiary alicyclic amines) is 1. The van der Waals surface area contributed by atoms with Crippen molar-refractivity contribution < 1.29 is 9.59 Å². The molecule has 0 aliphatic carbocycles. The minimum absolute atomic E-state index is 0.0465. The molecule has 6 nitrogen and oxygen atoms in total. The summed E-state index contributed by atoms with van der Waals surface area (Å²) in [5.74, 6) is -0.109. The third-order valence-corrected chi connectivity index (χ3v) is 6.35. The van der Waals surface area contributed by atoms with E-state index in [2.05, 4.69) is 15.5 Å². The quantitative estimate of drug-likeness (QED) is 0.678. The summed E-state index contributed by atoms with van der Waals surface area (Å²) < 4.78 is 0. The van der Waals surface area contributed by atoms with Gasteiger partial charge in [-0.05, 0) is 51.0 Å².